The average molecular weight is 352 g/mol. The zero-order valence-corrected chi connectivity index (χ0v) is 14.1. The highest BCUT2D eigenvalue weighted by molar-refractivity contribution is 7.89. The number of carbonyl (C=O) groups excluding carboxylic acids is 1. The lowest BCUT2D eigenvalue weighted by Gasteiger charge is -2.29. The van der Waals surface area contributed by atoms with Crippen LogP contribution in [0.25, 0.3) is 0 Å². The largest absolute Gasteiger partial charge is 0.478 e. The van der Waals surface area contributed by atoms with Crippen LogP contribution in [0.15, 0.2) is 41.3 Å². The Morgan fingerprint density at radius 1 is 1.17 bits per heavy atom. The Hall–Kier alpha value is -2.19. The van der Waals surface area contributed by atoms with Crippen LogP contribution in [0.5, 0.6) is 0 Å². The van der Waals surface area contributed by atoms with Crippen LogP contribution in [0.3, 0.4) is 0 Å². The maximum Gasteiger partial charge on any atom is 0.328 e. The minimum Gasteiger partial charge on any atom is -0.478 e. The van der Waals surface area contributed by atoms with Crippen molar-refractivity contribution in [2.24, 2.45) is 5.92 Å². The van der Waals surface area contributed by atoms with E-state index in [1.165, 1.54) is 28.6 Å². The molecule has 1 aromatic rings. The van der Waals surface area contributed by atoms with Crippen molar-refractivity contribution in [2.75, 3.05) is 18.4 Å². The monoisotopic (exact) mass is 352 g/mol. The Morgan fingerprint density at radius 3 is 2.29 bits per heavy atom. The van der Waals surface area contributed by atoms with Crippen LogP contribution in [-0.4, -0.2) is 42.8 Å². The van der Waals surface area contributed by atoms with Crippen molar-refractivity contribution in [2.45, 2.75) is 24.7 Å². The van der Waals surface area contributed by atoms with Gasteiger partial charge < -0.3 is 10.4 Å². The van der Waals surface area contributed by atoms with Gasteiger partial charge in [0.05, 0.1) is 4.90 Å². The van der Waals surface area contributed by atoms with Gasteiger partial charge in [-0.1, -0.05) is 6.92 Å². The van der Waals surface area contributed by atoms with Crippen LogP contribution in [0.2, 0.25) is 0 Å². The van der Waals surface area contributed by atoms with Gasteiger partial charge >= 0.3 is 5.97 Å². The van der Waals surface area contributed by atoms with E-state index in [2.05, 4.69) is 12.2 Å². The molecule has 1 aliphatic heterocycles. The third-order valence-electron chi connectivity index (χ3n) is 3.88. The van der Waals surface area contributed by atoms with Gasteiger partial charge in [0.15, 0.2) is 0 Å². The fourth-order valence-corrected chi connectivity index (χ4v) is 3.89. The predicted octanol–water partition coefficient (Wildman–Crippen LogP) is 1.69. The Bertz CT molecular complexity index is 732. The second-order valence-electron chi connectivity index (χ2n) is 5.77. The lowest BCUT2D eigenvalue weighted by Crippen LogP contribution is -2.37. The first-order valence-corrected chi connectivity index (χ1v) is 9.05. The number of rotatable bonds is 5. The third-order valence-corrected chi connectivity index (χ3v) is 5.79. The lowest BCUT2D eigenvalue weighted by molar-refractivity contribution is -0.131. The van der Waals surface area contributed by atoms with Crippen molar-refractivity contribution < 1.29 is 23.1 Å². The molecule has 1 aromatic carbocycles. The van der Waals surface area contributed by atoms with E-state index in [0.29, 0.717) is 24.7 Å². The number of hydrogen-bond donors (Lipinski definition) is 2. The molecule has 0 saturated carbocycles. The minimum absolute atomic E-state index is 0.177. The van der Waals surface area contributed by atoms with E-state index in [4.69, 9.17) is 5.11 Å². The number of piperidine rings is 1. The van der Waals surface area contributed by atoms with E-state index in [-0.39, 0.29) is 4.90 Å². The Balaban J connectivity index is 2.06. The molecule has 1 fully saturated rings. The van der Waals surface area contributed by atoms with Crippen LogP contribution in [0.1, 0.15) is 19.8 Å². The number of nitrogens with zero attached hydrogens (tertiary/aromatic N) is 1. The standard InChI is InChI=1S/C16H20N2O5S/c1-12-8-10-18(11-9-12)24(22,23)14-4-2-13(3-5-14)17-15(19)6-7-16(20)21/h2-7,12H,8-11H2,1H3,(H,17,19)(H,20,21)/b7-6+. The van der Waals surface area contributed by atoms with E-state index in [0.717, 1.165) is 25.0 Å². The summed E-state index contributed by atoms with van der Waals surface area (Å²) < 4.78 is 26.6. The first kappa shape index (κ1) is 18.2. The van der Waals surface area contributed by atoms with E-state index in [1.807, 2.05) is 0 Å². The van der Waals surface area contributed by atoms with Crippen LogP contribution in [0.4, 0.5) is 5.69 Å². The maximum atomic E-state index is 12.6. The summed E-state index contributed by atoms with van der Waals surface area (Å²) >= 11 is 0. The van der Waals surface area contributed by atoms with Gasteiger partial charge in [0.1, 0.15) is 0 Å². The molecule has 2 rings (SSSR count). The number of carbonyl (C=O) groups is 2. The van der Waals surface area contributed by atoms with Gasteiger partial charge in [-0.15, -0.1) is 0 Å². The molecule has 0 aliphatic carbocycles. The second-order valence-corrected chi connectivity index (χ2v) is 7.71. The van der Waals surface area contributed by atoms with E-state index in [1.54, 1.807) is 0 Å². The average Bonchev–Trinajstić information content (AvgIpc) is 2.54. The predicted molar refractivity (Wildman–Crippen MR) is 89.0 cm³/mol. The van der Waals surface area contributed by atoms with Crippen molar-refractivity contribution >= 4 is 27.6 Å². The molecule has 0 atom stereocenters. The molecule has 2 N–H and O–H groups in total. The highest BCUT2D eigenvalue weighted by atomic mass is 32.2. The van der Waals surface area contributed by atoms with Crippen molar-refractivity contribution in [1.82, 2.24) is 4.31 Å². The van der Waals surface area contributed by atoms with Crippen LogP contribution < -0.4 is 5.32 Å². The minimum atomic E-state index is -3.52. The fourth-order valence-electron chi connectivity index (χ4n) is 2.42. The van der Waals surface area contributed by atoms with Gasteiger partial charge in [0.2, 0.25) is 15.9 Å². The molecular formula is C16H20N2O5S. The van der Waals surface area contributed by atoms with Gasteiger partial charge in [-0.2, -0.15) is 4.31 Å². The van der Waals surface area contributed by atoms with Gasteiger partial charge in [-0.05, 0) is 43.0 Å². The highest BCUT2D eigenvalue weighted by Crippen LogP contribution is 2.24. The second kappa shape index (κ2) is 7.59. The number of nitrogens with one attached hydrogen (secondary N) is 1. The topological polar surface area (TPSA) is 104 Å². The number of carboxylic acids is 1. The molecule has 24 heavy (non-hydrogen) atoms. The number of amides is 1. The molecule has 0 radical (unpaired) electrons. The summed E-state index contributed by atoms with van der Waals surface area (Å²) in [4.78, 5) is 22.0. The number of aliphatic carboxylic acids is 1. The SMILES string of the molecule is CC1CCN(S(=O)(=O)c2ccc(NC(=O)/C=C/C(=O)O)cc2)CC1. The first-order chi connectivity index (χ1) is 11.3. The van der Waals surface area contributed by atoms with Crippen molar-refractivity contribution in [1.29, 1.82) is 0 Å². The third kappa shape index (κ3) is 4.65. The molecule has 130 valence electrons. The van der Waals surface area contributed by atoms with Crippen molar-refractivity contribution in [3.05, 3.63) is 36.4 Å². The summed E-state index contributed by atoms with van der Waals surface area (Å²) in [5, 5.41) is 10.9. The van der Waals surface area contributed by atoms with Crippen LogP contribution >= 0.6 is 0 Å². The zero-order valence-electron chi connectivity index (χ0n) is 13.3. The summed E-state index contributed by atoms with van der Waals surface area (Å²) in [5.41, 5.74) is 0.390. The summed E-state index contributed by atoms with van der Waals surface area (Å²) in [7, 11) is -3.52. The molecule has 0 aromatic heterocycles. The van der Waals surface area contributed by atoms with Gasteiger partial charge in [-0.25, -0.2) is 13.2 Å². The zero-order chi connectivity index (χ0) is 17.7. The molecule has 0 unspecified atom stereocenters. The fraction of sp³-hybridized carbons (Fsp3) is 0.375. The summed E-state index contributed by atoms with van der Waals surface area (Å²) in [6.07, 6.45) is 3.32. The number of carboxylic acid groups (broad SMARTS) is 1. The van der Waals surface area contributed by atoms with Gasteiger partial charge in [0, 0.05) is 30.9 Å². The lowest BCUT2D eigenvalue weighted by atomic mass is 10.0. The van der Waals surface area contributed by atoms with Crippen LogP contribution in [0, 0.1) is 5.92 Å². The molecule has 1 saturated heterocycles. The molecule has 1 heterocycles. The Morgan fingerprint density at radius 2 is 1.75 bits per heavy atom. The van der Waals surface area contributed by atoms with Crippen molar-refractivity contribution in [3.63, 3.8) is 0 Å². The normalized spacial score (nSPS) is 17.0. The molecule has 1 amide bonds. The maximum absolute atomic E-state index is 12.6. The van der Waals surface area contributed by atoms with E-state index >= 15 is 0 Å². The first-order valence-electron chi connectivity index (χ1n) is 7.61. The van der Waals surface area contributed by atoms with E-state index < -0.39 is 21.9 Å². The van der Waals surface area contributed by atoms with Gasteiger partial charge in [0.25, 0.3) is 0 Å². The number of sulfonamides is 1. The highest BCUT2D eigenvalue weighted by Gasteiger charge is 2.27. The molecule has 1 aliphatic rings. The molecule has 7 nitrogen and oxygen atoms in total. The quantitative estimate of drug-likeness (QED) is 0.785. The Labute approximate surface area is 141 Å². The molecule has 8 heteroatoms. The number of hydrogen-bond acceptors (Lipinski definition) is 4. The summed E-state index contributed by atoms with van der Waals surface area (Å²) in [6, 6.07) is 5.83. The molecular weight excluding hydrogens is 332 g/mol. The van der Waals surface area contributed by atoms with Gasteiger partial charge in [-0.3, -0.25) is 4.79 Å². The smallest absolute Gasteiger partial charge is 0.328 e. The molecule has 0 bridgehead atoms. The Kier molecular flexibility index (Phi) is 5.74. The molecule has 0 spiro atoms. The summed E-state index contributed by atoms with van der Waals surface area (Å²) in [6.45, 7) is 3.14. The van der Waals surface area contributed by atoms with Crippen molar-refractivity contribution in [3.8, 4) is 0 Å². The number of anilines is 1. The number of benzene rings is 1. The van der Waals surface area contributed by atoms with E-state index in [9.17, 15) is 18.0 Å². The van der Waals surface area contributed by atoms with Crippen LogP contribution in [-0.2, 0) is 19.6 Å². The summed E-state index contributed by atoms with van der Waals surface area (Å²) in [5.74, 6) is -1.28.